The zero-order chi connectivity index (χ0) is 11.5. The second kappa shape index (κ2) is 4.67. The molecule has 0 aliphatic carbocycles. The molecule has 0 spiro atoms. The van der Waals surface area contributed by atoms with Crippen molar-refractivity contribution in [1.29, 1.82) is 0 Å². The average Bonchev–Trinajstić information content (AvgIpc) is 2.10. The van der Waals surface area contributed by atoms with E-state index in [4.69, 9.17) is 10.5 Å². The van der Waals surface area contributed by atoms with Crippen molar-refractivity contribution in [2.75, 3.05) is 6.61 Å². The SMILES string of the molecule is Cc1cccc(OCCC(C)(C)N)c1C. The summed E-state index contributed by atoms with van der Waals surface area (Å²) in [7, 11) is 0. The molecule has 0 aliphatic heterocycles. The molecular weight excluding hydrogens is 186 g/mol. The maximum Gasteiger partial charge on any atom is 0.122 e. The first-order valence-electron chi connectivity index (χ1n) is 5.38. The lowest BCUT2D eigenvalue weighted by Gasteiger charge is -2.19. The summed E-state index contributed by atoms with van der Waals surface area (Å²) in [6.07, 6.45) is 0.861. The first kappa shape index (κ1) is 12.1. The van der Waals surface area contributed by atoms with Crippen LogP contribution in [0.2, 0.25) is 0 Å². The van der Waals surface area contributed by atoms with Crippen LogP contribution < -0.4 is 10.5 Å². The van der Waals surface area contributed by atoms with Crippen molar-refractivity contribution in [3.05, 3.63) is 29.3 Å². The molecule has 2 heteroatoms. The molecule has 0 amide bonds. The molecule has 84 valence electrons. The van der Waals surface area contributed by atoms with E-state index < -0.39 is 0 Å². The molecular formula is C13H21NO. The molecule has 0 fully saturated rings. The number of ether oxygens (including phenoxy) is 1. The Morgan fingerprint density at radius 3 is 2.53 bits per heavy atom. The molecule has 0 saturated heterocycles. The van der Waals surface area contributed by atoms with Crippen LogP contribution in [0.25, 0.3) is 0 Å². The number of rotatable bonds is 4. The van der Waals surface area contributed by atoms with Gasteiger partial charge in [0.25, 0.3) is 0 Å². The van der Waals surface area contributed by atoms with Crippen LogP contribution in [0, 0.1) is 13.8 Å². The van der Waals surface area contributed by atoms with Crippen LogP contribution in [-0.4, -0.2) is 12.1 Å². The van der Waals surface area contributed by atoms with Crippen molar-refractivity contribution in [3.8, 4) is 5.75 Å². The van der Waals surface area contributed by atoms with E-state index in [-0.39, 0.29) is 5.54 Å². The van der Waals surface area contributed by atoms with E-state index in [2.05, 4.69) is 19.9 Å². The zero-order valence-corrected chi connectivity index (χ0v) is 10.1. The summed E-state index contributed by atoms with van der Waals surface area (Å²) < 4.78 is 5.71. The minimum atomic E-state index is -0.155. The van der Waals surface area contributed by atoms with E-state index >= 15 is 0 Å². The molecule has 0 heterocycles. The van der Waals surface area contributed by atoms with Crippen LogP contribution in [0.3, 0.4) is 0 Å². The topological polar surface area (TPSA) is 35.2 Å². The average molecular weight is 207 g/mol. The van der Waals surface area contributed by atoms with Crippen LogP contribution in [-0.2, 0) is 0 Å². The van der Waals surface area contributed by atoms with Gasteiger partial charge in [-0.05, 0) is 51.3 Å². The number of aryl methyl sites for hydroxylation is 1. The molecule has 0 unspecified atom stereocenters. The van der Waals surface area contributed by atoms with Crippen molar-refractivity contribution in [2.45, 2.75) is 39.7 Å². The number of benzene rings is 1. The zero-order valence-electron chi connectivity index (χ0n) is 10.1. The molecule has 0 radical (unpaired) electrons. The van der Waals surface area contributed by atoms with E-state index in [1.807, 2.05) is 26.0 Å². The molecule has 15 heavy (non-hydrogen) atoms. The summed E-state index contributed by atoms with van der Waals surface area (Å²) in [6.45, 7) is 8.88. The molecule has 1 rings (SSSR count). The summed E-state index contributed by atoms with van der Waals surface area (Å²) >= 11 is 0. The van der Waals surface area contributed by atoms with Gasteiger partial charge >= 0.3 is 0 Å². The van der Waals surface area contributed by atoms with Gasteiger partial charge in [0, 0.05) is 5.54 Å². The largest absolute Gasteiger partial charge is 0.493 e. The first-order chi connectivity index (χ1) is 6.90. The van der Waals surface area contributed by atoms with Crippen LogP contribution in [0.4, 0.5) is 0 Å². The Labute approximate surface area is 92.4 Å². The summed E-state index contributed by atoms with van der Waals surface area (Å²) in [5, 5.41) is 0. The van der Waals surface area contributed by atoms with Crippen LogP contribution in [0.5, 0.6) is 5.75 Å². The molecule has 0 atom stereocenters. The van der Waals surface area contributed by atoms with Gasteiger partial charge in [0.15, 0.2) is 0 Å². The quantitative estimate of drug-likeness (QED) is 0.824. The molecule has 0 saturated carbocycles. The van der Waals surface area contributed by atoms with Crippen LogP contribution in [0.1, 0.15) is 31.4 Å². The van der Waals surface area contributed by atoms with Gasteiger partial charge in [-0.1, -0.05) is 12.1 Å². The van der Waals surface area contributed by atoms with Gasteiger partial charge in [-0.2, -0.15) is 0 Å². The third-order valence-electron chi connectivity index (χ3n) is 2.56. The standard InChI is InChI=1S/C13H21NO/c1-10-6-5-7-12(11(10)2)15-9-8-13(3,4)14/h5-7H,8-9,14H2,1-4H3. The molecule has 0 aromatic heterocycles. The Morgan fingerprint density at radius 1 is 1.27 bits per heavy atom. The normalized spacial score (nSPS) is 11.5. The highest BCUT2D eigenvalue weighted by Crippen LogP contribution is 2.21. The van der Waals surface area contributed by atoms with Crippen molar-refractivity contribution in [2.24, 2.45) is 5.73 Å². The van der Waals surface area contributed by atoms with E-state index in [0.717, 1.165) is 12.2 Å². The van der Waals surface area contributed by atoms with Gasteiger partial charge in [-0.3, -0.25) is 0 Å². The molecule has 1 aromatic carbocycles. The van der Waals surface area contributed by atoms with Crippen LogP contribution in [0.15, 0.2) is 18.2 Å². The monoisotopic (exact) mass is 207 g/mol. The van der Waals surface area contributed by atoms with Crippen molar-refractivity contribution < 1.29 is 4.74 Å². The Bertz CT molecular complexity index is 326. The summed E-state index contributed by atoms with van der Waals surface area (Å²) in [6, 6.07) is 6.12. The second-order valence-corrected chi connectivity index (χ2v) is 4.79. The molecule has 2 N–H and O–H groups in total. The Hall–Kier alpha value is -1.02. The highest BCUT2D eigenvalue weighted by Gasteiger charge is 2.10. The fraction of sp³-hybridized carbons (Fsp3) is 0.538. The smallest absolute Gasteiger partial charge is 0.122 e. The van der Waals surface area contributed by atoms with Gasteiger partial charge in [-0.15, -0.1) is 0 Å². The first-order valence-corrected chi connectivity index (χ1v) is 5.38. The lowest BCUT2D eigenvalue weighted by Crippen LogP contribution is -2.33. The molecule has 0 bridgehead atoms. The van der Waals surface area contributed by atoms with Gasteiger partial charge in [0.1, 0.15) is 5.75 Å². The fourth-order valence-electron chi connectivity index (χ4n) is 1.30. The van der Waals surface area contributed by atoms with Gasteiger partial charge in [0.2, 0.25) is 0 Å². The van der Waals surface area contributed by atoms with E-state index in [9.17, 15) is 0 Å². The molecule has 1 aromatic rings. The van der Waals surface area contributed by atoms with Gasteiger partial charge < -0.3 is 10.5 Å². The number of hydrogen-bond donors (Lipinski definition) is 1. The third-order valence-corrected chi connectivity index (χ3v) is 2.56. The Kier molecular flexibility index (Phi) is 3.75. The fourth-order valence-corrected chi connectivity index (χ4v) is 1.30. The summed E-state index contributed by atoms with van der Waals surface area (Å²) in [5.74, 6) is 0.972. The summed E-state index contributed by atoms with van der Waals surface area (Å²) in [5.41, 5.74) is 8.21. The predicted octanol–water partition coefficient (Wildman–Crippen LogP) is 2.81. The lowest BCUT2D eigenvalue weighted by molar-refractivity contribution is 0.272. The highest BCUT2D eigenvalue weighted by molar-refractivity contribution is 5.38. The van der Waals surface area contributed by atoms with Gasteiger partial charge in [-0.25, -0.2) is 0 Å². The van der Waals surface area contributed by atoms with E-state index in [0.29, 0.717) is 6.61 Å². The predicted molar refractivity (Wildman–Crippen MR) is 64.3 cm³/mol. The Balaban J connectivity index is 2.55. The third kappa shape index (κ3) is 3.92. The van der Waals surface area contributed by atoms with Crippen molar-refractivity contribution >= 4 is 0 Å². The number of nitrogens with two attached hydrogens (primary N) is 1. The Morgan fingerprint density at radius 2 is 1.93 bits per heavy atom. The molecule has 0 aliphatic rings. The maximum atomic E-state index is 5.89. The lowest BCUT2D eigenvalue weighted by atomic mass is 10.0. The van der Waals surface area contributed by atoms with Crippen molar-refractivity contribution in [1.82, 2.24) is 0 Å². The highest BCUT2D eigenvalue weighted by atomic mass is 16.5. The number of hydrogen-bond acceptors (Lipinski definition) is 2. The maximum absolute atomic E-state index is 5.89. The van der Waals surface area contributed by atoms with Crippen molar-refractivity contribution in [3.63, 3.8) is 0 Å². The minimum absolute atomic E-state index is 0.155. The van der Waals surface area contributed by atoms with Gasteiger partial charge in [0.05, 0.1) is 6.61 Å². The van der Waals surface area contributed by atoms with Crippen LogP contribution >= 0.6 is 0 Å². The minimum Gasteiger partial charge on any atom is -0.493 e. The molecule has 2 nitrogen and oxygen atoms in total. The van der Waals surface area contributed by atoms with E-state index in [1.165, 1.54) is 11.1 Å². The summed E-state index contributed by atoms with van der Waals surface area (Å²) in [4.78, 5) is 0. The second-order valence-electron chi connectivity index (χ2n) is 4.79. The van der Waals surface area contributed by atoms with E-state index in [1.54, 1.807) is 0 Å².